The maximum Gasteiger partial charge on any atom is 0.325 e. The first kappa shape index (κ1) is 13.3. The van der Waals surface area contributed by atoms with Crippen molar-refractivity contribution >= 4 is 17.7 Å². The topological polar surface area (TPSA) is 60.9 Å². The highest BCUT2D eigenvalue weighted by atomic mass is 19.1. The summed E-state index contributed by atoms with van der Waals surface area (Å²) in [6.07, 6.45) is 0.659. The van der Waals surface area contributed by atoms with Crippen molar-refractivity contribution in [3.8, 4) is 0 Å². The third-order valence-electron chi connectivity index (χ3n) is 3.15. The molecule has 0 atom stereocenters. The number of urea groups is 1. The first-order valence-corrected chi connectivity index (χ1v) is 6.09. The number of amides is 2. The SMILES string of the molecule is CCN(CC(=O)O)C(=O)N1CCc2ccc(F)cc21. The Bertz CT molecular complexity index is 519. The molecule has 0 radical (unpaired) electrons. The molecule has 6 heteroatoms. The number of rotatable bonds is 3. The van der Waals surface area contributed by atoms with E-state index in [1.165, 1.54) is 21.9 Å². The maximum atomic E-state index is 13.2. The Morgan fingerprint density at radius 3 is 2.84 bits per heavy atom. The van der Waals surface area contributed by atoms with Gasteiger partial charge in [0, 0.05) is 13.1 Å². The predicted molar refractivity (Wildman–Crippen MR) is 67.7 cm³/mol. The van der Waals surface area contributed by atoms with Crippen molar-refractivity contribution < 1.29 is 19.1 Å². The van der Waals surface area contributed by atoms with E-state index in [1.807, 2.05) is 0 Å². The summed E-state index contributed by atoms with van der Waals surface area (Å²) in [5.41, 5.74) is 1.44. The monoisotopic (exact) mass is 266 g/mol. The fraction of sp³-hybridized carbons (Fsp3) is 0.385. The van der Waals surface area contributed by atoms with Gasteiger partial charge in [-0.15, -0.1) is 0 Å². The first-order chi connectivity index (χ1) is 9.02. The van der Waals surface area contributed by atoms with Gasteiger partial charge in [0.1, 0.15) is 12.4 Å². The zero-order valence-corrected chi connectivity index (χ0v) is 10.6. The minimum Gasteiger partial charge on any atom is -0.480 e. The quantitative estimate of drug-likeness (QED) is 0.906. The summed E-state index contributed by atoms with van der Waals surface area (Å²) in [5.74, 6) is -1.46. The van der Waals surface area contributed by atoms with Crippen molar-refractivity contribution in [2.45, 2.75) is 13.3 Å². The normalized spacial score (nSPS) is 13.3. The highest BCUT2D eigenvalue weighted by Crippen LogP contribution is 2.29. The minimum atomic E-state index is -1.06. The summed E-state index contributed by atoms with van der Waals surface area (Å²) < 4.78 is 13.2. The zero-order valence-electron chi connectivity index (χ0n) is 10.6. The highest BCUT2D eigenvalue weighted by Gasteiger charge is 2.28. The number of carbonyl (C=O) groups excluding carboxylic acids is 1. The number of likely N-dealkylation sites (N-methyl/N-ethyl adjacent to an activating group) is 1. The van der Waals surface area contributed by atoms with E-state index in [-0.39, 0.29) is 6.54 Å². The molecular weight excluding hydrogens is 251 g/mol. The van der Waals surface area contributed by atoms with Crippen molar-refractivity contribution in [1.29, 1.82) is 0 Å². The Morgan fingerprint density at radius 2 is 2.21 bits per heavy atom. The van der Waals surface area contributed by atoms with Crippen LogP contribution < -0.4 is 4.90 Å². The molecule has 0 unspecified atom stereocenters. The minimum absolute atomic E-state index is 0.298. The van der Waals surface area contributed by atoms with Gasteiger partial charge in [-0.25, -0.2) is 9.18 Å². The van der Waals surface area contributed by atoms with Crippen molar-refractivity contribution in [3.63, 3.8) is 0 Å². The van der Waals surface area contributed by atoms with Gasteiger partial charge < -0.3 is 10.0 Å². The second-order valence-electron chi connectivity index (χ2n) is 4.37. The number of aliphatic carboxylic acids is 1. The Morgan fingerprint density at radius 1 is 1.47 bits per heavy atom. The Hall–Kier alpha value is -2.11. The molecule has 0 aromatic heterocycles. The molecule has 2 rings (SSSR count). The Balaban J connectivity index is 2.22. The summed E-state index contributed by atoms with van der Waals surface area (Å²) in [6.45, 7) is 2.11. The van der Waals surface area contributed by atoms with Crippen LogP contribution in [-0.2, 0) is 11.2 Å². The molecule has 1 aromatic rings. The molecule has 102 valence electrons. The van der Waals surface area contributed by atoms with Crippen molar-refractivity contribution in [3.05, 3.63) is 29.6 Å². The van der Waals surface area contributed by atoms with Crippen LogP contribution in [-0.4, -0.2) is 41.6 Å². The van der Waals surface area contributed by atoms with Crippen LogP contribution in [0, 0.1) is 5.82 Å². The number of halogens is 1. The number of nitrogens with zero attached hydrogens (tertiary/aromatic N) is 2. The van der Waals surface area contributed by atoms with Crippen LogP contribution >= 0.6 is 0 Å². The number of carboxylic acids is 1. The molecule has 19 heavy (non-hydrogen) atoms. The summed E-state index contributed by atoms with van der Waals surface area (Å²) in [4.78, 5) is 25.6. The third kappa shape index (κ3) is 2.67. The molecule has 2 amide bonds. The predicted octanol–water partition coefficient (Wildman–Crippen LogP) is 1.71. The van der Waals surface area contributed by atoms with E-state index in [0.717, 1.165) is 5.56 Å². The van der Waals surface area contributed by atoms with Gasteiger partial charge in [0.2, 0.25) is 0 Å². The number of carboxylic acid groups (broad SMARTS) is 1. The van der Waals surface area contributed by atoms with Gasteiger partial charge in [-0.3, -0.25) is 9.69 Å². The average Bonchev–Trinajstić information content (AvgIpc) is 2.77. The van der Waals surface area contributed by atoms with Crippen LogP contribution in [0.25, 0.3) is 0 Å². The molecular formula is C13H15FN2O3. The molecule has 1 heterocycles. The van der Waals surface area contributed by atoms with Gasteiger partial charge >= 0.3 is 12.0 Å². The molecule has 5 nitrogen and oxygen atoms in total. The summed E-state index contributed by atoms with van der Waals surface area (Å²) >= 11 is 0. The molecule has 0 saturated heterocycles. The van der Waals surface area contributed by atoms with Crippen LogP contribution in [0.1, 0.15) is 12.5 Å². The number of fused-ring (bicyclic) bond motifs is 1. The van der Waals surface area contributed by atoms with Crippen LogP contribution in [0.15, 0.2) is 18.2 Å². The lowest BCUT2D eigenvalue weighted by Gasteiger charge is -2.26. The van der Waals surface area contributed by atoms with E-state index in [2.05, 4.69) is 0 Å². The zero-order chi connectivity index (χ0) is 14.0. The van der Waals surface area contributed by atoms with Crippen LogP contribution in [0.4, 0.5) is 14.9 Å². The van der Waals surface area contributed by atoms with E-state index in [0.29, 0.717) is 25.2 Å². The van der Waals surface area contributed by atoms with Crippen molar-refractivity contribution in [2.75, 3.05) is 24.5 Å². The molecule has 1 N–H and O–H groups in total. The van der Waals surface area contributed by atoms with E-state index in [1.54, 1.807) is 13.0 Å². The van der Waals surface area contributed by atoms with Gasteiger partial charge in [-0.2, -0.15) is 0 Å². The fourth-order valence-corrected chi connectivity index (χ4v) is 2.20. The standard InChI is InChI=1S/C13H15FN2O3/c1-2-15(8-12(17)18)13(19)16-6-5-9-3-4-10(14)7-11(9)16/h3-4,7H,2,5-6,8H2,1H3,(H,17,18). The van der Waals surface area contributed by atoms with E-state index < -0.39 is 17.8 Å². The number of carbonyl (C=O) groups is 2. The number of hydrogen-bond donors (Lipinski definition) is 1. The first-order valence-electron chi connectivity index (χ1n) is 6.09. The van der Waals surface area contributed by atoms with Crippen LogP contribution in [0.2, 0.25) is 0 Å². The second-order valence-corrected chi connectivity index (χ2v) is 4.37. The maximum absolute atomic E-state index is 13.2. The van der Waals surface area contributed by atoms with E-state index in [4.69, 9.17) is 5.11 Å². The van der Waals surface area contributed by atoms with Gasteiger partial charge in [-0.05, 0) is 31.0 Å². The molecule has 0 spiro atoms. The lowest BCUT2D eigenvalue weighted by Crippen LogP contribution is -2.44. The fourth-order valence-electron chi connectivity index (χ4n) is 2.20. The van der Waals surface area contributed by atoms with Gasteiger partial charge in [0.25, 0.3) is 0 Å². The van der Waals surface area contributed by atoms with E-state index in [9.17, 15) is 14.0 Å². The van der Waals surface area contributed by atoms with Gasteiger partial charge in [0.05, 0.1) is 5.69 Å². The summed E-state index contributed by atoms with van der Waals surface area (Å²) in [6, 6.07) is 3.94. The lowest BCUT2D eigenvalue weighted by atomic mass is 10.2. The number of anilines is 1. The molecule has 1 aliphatic heterocycles. The lowest BCUT2D eigenvalue weighted by molar-refractivity contribution is -0.137. The number of hydrogen-bond acceptors (Lipinski definition) is 2. The van der Waals surface area contributed by atoms with Gasteiger partial charge in [0.15, 0.2) is 0 Å². The van der Waals surface area contributed by atoms with Crippen molar-refractivity contribution in [2.24, 2.45) is 0 Å². The van der Waals surface area contributed by atoms with Crippen LogP contribution in [0.3, 0.4) is 0 Å². The van der Waals surface area contributed by atoms with Crippen LogP contribution in [0.5, 0.6) is 0 Å². The third-order valence-corrected chi connectivity index (χ3v) is 3.15. The summed E-state index contributed by atoms with van der Waals surface area (Å²) in [7, 11) is 0. The molecule has 0 fully saturated rings. The molecule has 0 aliphatic carbocycles. The largest absolute Gasteiger partial charge is 0.480 e. The molecule has 0 saturated carbocycles. The Labute approximate surface area is 110 Å². The Kier molecular flexibility index (Phi) is 3.69. The molecule has 0 bridgehead atoms. The second kappa shape index (κ2) is 5.26. The molecule has 1 aliphatic rings. The van der Waals surface area contributed by atoms with Gasteiger partial charge in [-0.1, -0.05) is 6.07 Å². The molecule has 1 aromatic carbocycles. The summed E-state index contributed by atoms with van der Waals surface area (Å²) in [5, 5.41) is 8.77. The number of benzene rings is 1. The smallest absolute Gasteiger partial charge is 0.325 e. The van der Waals surface area contributed by atoms with E-state index >= 15 is 0 Å². The highest BCUT2D eigenvalue weighted by molar-refractivity contribution is 5.95. The van der Waals surface area contributed by atoms with Crippen molar-refractivity contribution in [1.82, 2.24) is 4.90 Å². The average molecular weight is 266 g/mol.